The predicted molar refractivity (Wildman–Crippen MR) is 102 cm³/mol. The highest BCUT2D eigenvalue weighted by atomic mass is 19.1. The Bertz CT molecular complexity index is 940. The molecule has 2 fully saturated rings. The number of benzene rings is 1. The van der Waals surface area contributed by atoms with Crippen LogP contribution >= 0.6 is 0 Å². The number of likely N-dealkylation sites (N-methyl/N-ethyl adjacent to an activating group) is 1. The van der Waals surface area contributed by atoms with Crippen LogP contribution in [0.15, 0.2) is 48.7 Å². The second-order valence-corrected chi connectivity index (χ2v) is 7.40. The van der Waals surface area contributed by atoms with E-state index in [1.165, 1.54) is 24.1 Å². The molecule has 0 saturated carbocycles. The first-order valence-corrected chi connectivity index (χ1v) is 9.47. The molecule has 1 aromatic heterocycles. The highest BCUT2D eigenvalue weighted by molar-refractivity contribution is 6.07. The number of hydrogen-bond donors (Lipinski definition) is 0. The molecule has 1 aromatic carbocycles. The van der Waals surface area contributed by atoms with E-state index in [-0.39, 0.29) is 23.5 Å². The first-order chi connectivity index (χ1) is 13.9. The third-order valence-corrected chi connectivity index (χ3v) is 5.75. The quantitative estimate of drug-likeness (QED) is 0.747. The molecule has 7 nitrogen and oxygen atoms in total. The van der Waals surface area contributed by atoms with Crippen LogP contribution < -0.4 is 0 Å². The Morgan fingerprint density at radius 1 is 1.10 bits per heavy atom. The maximum absolute atomic E-state index is 13.1. The number of likely N-dealkylation sites (tertiary alicyclic amines) is 1. The van der Waals surface area contributed by atoms with Crippen molar-refractivity contribution in [2.75, 3.05) is 20.1 Å². The molecule has 150 valence electrons. The number of carbonyl (C=O) groups is 3. The summed E-state index contributed by atoms with van der Waals surface area (Å²) < 4.78 is 13.1. The minimum Gasteiger partial charge on any atom is -0.337 e. The van der Waals surface area contributed by atoms with Crippen molar-refractivity contribution < 1.29 is 18.8 Å². The third-order valence-electron chi connectivity index (χ3n) is 5.75. The number of nitrogens with zero attached hydrogens (tertiary/aromatic N) is 4. The van der Waals surface area contributed by atoms with Crippen LogP contribution in [-0.2, 0) is 11.3 Å². The number of hydrogen-bond acceptors (Lipinski definition) is 4. The Balaban J connectivity index is 1.54. The highest BCUT2D eigenvalue weighted by Gasteiger charge is 2.57. The predicted octanol–water partition coefficient (Wildman–Crippen LogP) is 2.29. The molecular weight excluding hydrogens is 375 g/mol. The molecule has 0 aliphatic carbocycles. The Morgan fingerprint density at radius 2 is 1.79 bits per heavy atom. The van der Waals surface area contributed by atoms with Crippen LogP contribution in [0.25, 0.3) is 0 Å². The van der Waals surface area contributed by atoms with E-state index >= 15 is 0 Å². The molecule has 0 N–H and O–H groups in total. The zero-order valence-corrected chi connectivity index (χ0v) is 16.0. The Morgan fingerprint density at radius 3 is 2.41 bits per heavy atom. The van der Waals surface area contributed by atoms with E-state index in [1.54, 1.807) is 9.80 Å². The van der Waals surface area contributed by atoms with E-state index in [1.807, 2.05) is 30.3 Å². The lowest BCUT2D eigenvalue weighted by molar-refractivity contribution is -0.134. The summed E-state index contributed by atoms with van der Waals surface area (Å²) in [4.78, 5) is 46.7. The molecule has 0 bridgehead atoms. The Kier molecular flexibility index (Phi) is 4.77. The van der Waals surface area contributed by atoms with Gasteiger partial charge < -0.3 is 9.80 Å². The zero-order chi connectivity index (χ0) is 20.6. The van der Waals surface area contributed by atoms with Crippen LogP contribution in [0.3, 0.4) is 0 Å². The molecule has 0 unspecified atom stereocenters. The third kappa shape index (κ3) is 3.24. The fraction of sp³-hybridized carbons (Fsp3) is 0.333. The molecule has 1 spiro atoms. The van der Waals surface area contributed by atoms with Crippen LogP contribution in [0, 0.1) is 5.82 Å². The van der Waals surface area contributed by atoms with Gasteiger partial charge >= 0.3 is 6.03 Å². The average molecular weight is 396 g/mol. The smallest absolute Gasteiger partial charge is 0.327 e. The van der Waals surface area contributed by atoms with Gasteiger partial charge in [0.1, 0.15) is 17.1 Å². The highest BCUT2D eigenvalue weighted by Crippen LogP contribution is 2.38. The van der Waals surface area contributed by atoms with E-state index in [9.17, 15) is 18.8 Å². The molecule has 2 saturated heterocycles. The summed E-state index contributed by atoms with van der Waals surface area (Å²) in [5, 5.41) is 0. The first kappa shape index (κ1) is 19.0. The second kappa shape index (κ2) is 7.27. The van der Waals surface area contributed by atoms with Gasteiger partial charge in [-0.1, -0.05) is 30.3 Å². The van der Waals surface area contributed by atoms with Gasteiger partial charge in [-0.25, -0.2) is 14.2 Å². The second-order valence-electron chi connectivity index (χ2n) is 7.40. The van der Waals surface area contributed by atoms with Gasteiger partial charge in [-0.05, 0) is 30.5 Å². The number of halogens is 1. The average Bonchev–Trinajstić information content (AvgIpc) is 2.91. The zero-order valence-electron chi connectivity index (χ0n) is 16.0. The molecule has 4 rings (SSSR count). The molecule has 0 atom stereocenters. The van der Waals surface area contributed by atoms with E-state index in [4.69, 9.17) is 0 Å². The largest absolute Gasteiger partial charge is 0.337 e. The number of piperidine rings is 1. The monoisotopic (exact) mass is 396 g/mol. The summed E-state index contributed by atoms with van der Waals surface area (Å²) in [6.07, 6.45) is 1.71. The number of rotatable bonds is 3. The SMILES string of the molecule is CN1C(=O)N(Cc2ccccc2)C2(CCN(C(=O)c3ccc(F)cn3)CC2)C1=O. The number of imide groups is 1. The topological polar surface area (TPSA) is 73.8 Å². The van der Waals surface area contributed by atoms with Crippen molar-refractivity contribution in [3.63, 3.8) is 0 Å². The van der Waals surface area contributed by atoms with Gasteiger partial charge in [0.2, 0.25) is 0 Å². The molecular formula is C21H21FN4O3. The van der Waals surface area contributed by atoms with Crippen LogP contribution in [0.4, 0.5) is 9.18 Å². The molecule has 8 heteroatoms. The minimum absolute atomic E-state index is 0.162. The Labute approximate surface area is 167 Å². The van der Waals surface area contributed by atoms with Gasteiger partial charge in [-0.3, -0.25) is 14.5 Å². The van der Waals surface area contributed by atoms with Crippen molar-refractivity contribution in [2.24, 2.45) is 0 Å². The summed E-state index contributed by atoms with van der Waals surface area (Å²) in [5.41, 5.74) is 0.154. The molecule has 3 heterocycles. The maximum Gasteiger partial charge on any atom is 0.327 e. The van der Waals surface area contributed by atoms with Crippen LogP contribution in [0.2, 0.25) is 0 Å². The summed E-state index contributed by atoms with van der Waals surface area (Å²) in [6.45, 7) is 0.968. The number of carbonyl (C=O) groups excluding carboxylic acids is 3. The van der Waals surface area contributed by atoms with Crippen molar-refractivity contribution >= 4 is 17.8 Å². The fourth-order valence-corrected chi connectivity index (χ4v) is 4.09. The summed E-state index contributed by atoms with van der Waals surface area (Å²) in [6, 6.07) is 11.7. The van der Waals surface area contributed by atoms with Crippen molar-refractivity contribution in [3.05, 3.63) is 65.7 Å². The summed E-state index contributed by atoms with van der Waals surface area (Å²) >= 11 is 0. The molecule has 2 aromatic rings. The summed E-state index contributed by atoms with van der Waals surface area (Å²) in [7, 11) is 1.50. The molecule has 2 aliphatic heterocycles. The molecule has 4 amide bonds. The number of aromatic nitrogens is 1. The fourth-order valence-electron chi connectivity index (χ4n) is 4.09. The van der Waals surface area contributed by atoms with Crippen molar-refractivity contribution in [3.8, 4) is 0 Å². The van der Waals surface area contributed by atoms with E-state index < -0.39 is 11.4 Å². The molecule has 0 radical (unpaired) electrons. The number of pyridine rings is 1. The van der Waals surface area contributed by atoms with Crippen LogP contribution in [0.5, 0.6) is 0 Å². The normalized spacial score (nSPS) is 18.6. The Hall–Kier alpha value is -3.29. The van der Waals surface area contributed by atoms with Crippen molar-refractivity contribution in [2.45, 2.75) is 24.9 Å². The van der Waals surface area contributed by atoms with Gasteiger partial charge in [0.15, 0.2) is 0 Å². The van der Waals surface area contributed by atoms with Crippen molar-refractivity contribution in [1.82, 2.24) is 19.7 Å². The standard InChI is InChI=1S/C21H21FN4O3/c1-24-19(28)21(26(20(24)29)14-15-5-3-2-4-6-15)9-11-25(12-10-21)18(27)17-8-7-16(22)13-23-17/h2-8,13H,9-12,14H2,1H3. The van der Waals surface area contributed by atoms with E-state index in [0.717, 1.165) is 11.8 Å². The van der Waals surface area contributed by atoms with Crippen molar-refractivity contribution in [1.29, 1.82) is 0 Å². The lowest BCUT2D eigenvalue weighted by Gasteiger charge is -2.42. The van der Waals surface area contributed by atoms with Gasteiger partial charge in [0.05, 0.1) is 6.20 Å². The van der Waals surface area contributed by atoms with E-state index in [2.05, 4.69) is 4.98 Å². The van der Waals surface area contributed by atoms with Gasteiger partial charge in [0.25, 0.3) is 11.8 Å². The van der Waals surface area contributed by atoms with Crippen LogP contribution in [-0.4, -0.2) is 63.2 Å². The number of amides is 4. The lowest BCUT2D eigenvalue weighted by Crippen LogP contribution is -2.57. The minimum atomic E-state index is -0.950. The van der Waals surface area contributed by atoms with E-state index in [0.29, 0.717) is 32.5 Å². The van der Waals surface area contributed by atoms with Gasteiger partial charge in [-0.2, -0.15) is 0 Å². The van der Waals surface area contributed by atoms with Gasteiger partial charge in [0, 0.05) is 26.7 Å². The first-order valence-electron chi connectivity index (χ1n) is 9.47. The molecule has 29 heavy (non-hydrogen) atoms. The summed E-state index contributed by atoms with van der Waals surface area (Å²) in [5.74, 6) is -1.04. The lowest BCUT2D eigenvalue weighted by atomic mass is 9.85. The molecule has 2 aliphatic rings. The maximum atomic E-state index is 13.1. The van der Waals surface area contributed by atoms with Crippen LogP contribution in [0.1, 0.15) is 28.9 Å². The number of urea groups is 1. The van der Waals surface area contributed by atoms with Gasteiger partial charge in [-0.15, -0.1) is 0 Å².